The van der Waals surface area contributed by atoms with E-state index in [2.05, 4.69) is 0 Å². The SMILES string of the molecule is COc1ccc(N(C(=O)OC(C)(C)C)[C@H](C)c2ccccc2)cc1. The lowest BCUT2D eigenvalue weighted by Crippen LogP contribution is -2.38. The predicted molar refractivity (Wildman–Crippen MR) is 96.6 cm³/mol. The fraction of sp³-hybridized carbons (Fsp3) is 0.350. The molecule has 0 aliphatic heterocycles. The van der Waals surface area contributed by atoms with Crippen LogP contribution in [0, 0.1) is 0 Å². The first-order chi connectivity index (χ1) is 11.3. The molecule has 0 saturated carbocycles. The molecule has 0 saturated heterocycles. The van der Waals surface area contributed by atoms with Gasteiger partial charge in [-0.15, -0.1) is 0 Å². The number of hydrogen-bond acceptors (Lipinski definition) is 3. The van der Waals surface area contributed by atoms with Gasteiger partial charge in [-0.05, 0) is 57.5 Å². The van der Waals surface area contributed by atoms with Crippen molar-refractivity contribution in [3.05, 3.63) is 60.2 Å². The molecule has 1 amide bonds. The molecule has 0 aromatic heterocycles. The van der Waals surface area contributed by atoms with Crippen LogP contribution in [0.2, 0.25) is 0 Å². The molecule has 0 aliphatic rings. The first-order valence-corrected chi connectivity index (χ1v) is 8.03. The third kappa shape index (κ3) is 4.51. The van der Waals surface area contributed by atoms with E-state index in [1.165, 1.54) is 0 Å². The molecule has 128 valence electrons. The molecule has 0 unspecified atom stereocenters. The van der Waals surface area contributed by atoms with E-state index in [-0.39, 0.29) is 12.1 Å². The minimum atomic E-state index is -0.557. The maximum absolute atomic E-state index is 12.8. The summed E-state index contributed by atoms with van der Waals surface area (Å²) >= 11 is 0. The van der Waals surface area contributed by atoms with Crippen LogP contribution in [0.3, 0.4) is 0 Å². The highest BCUT2D eigenvalue weighted by molar-refractivity contribution is 5.88. The van der Waals surface area contributed by atoms with Crippen LogP contribution in [-0.2, 0) is 4.74 Å². The van der Waals surface area contributed by atoms with E-state index in [9.17, 15) is 4.79 Å². The number of hydrogen-bond donors (Lipinski definition) is 0. The summed E-state index contributed by atoms with van der Waals surface area (Å²) in [7, 11) is 1.62. The van der Waals surface area contributed by atoms with Crippen molar-refractivity contribution in [3.8, 4) is 5.75 Å². The second kappa shape index (κ2) is 7.39. The average Bonchev–Trinajstić information content (AvgIpc) is 2.55. The van der Waals surface area contributed by atoms with Gasteiger partial charge in [0, 0.05) is 5.69 Å². The van der Waals surface area contributed by atoms with E-state index in [0.717, 1.165) is 17.0 Å². The van der Waals surface area contributed by atoms with Gasteiger partial charge in [0.25, 0.3) is 0 Å². The standard InChI is InChI=1S/C20H25NO3/c1-15(16-9-7-6-8-10-16)21(19(22)24-20(2,3)4)17-11-13-18(23-5)14-12-17/h6-15H,1-5H3/t15-/m1/s1. The number of amides is 1. The maximum Gasteiger partial charge on any atom is 0.415 e. The zero-order valence-corrected chi connectivity index (χ0v) is 14.9. The van der Waals surface area contributed by atoms with Crippen LogP contribution >= 0.6 is 0 Å². The van der Waals surface area contributed by atoms with Crippen molar-refractivity contribution < 1.29 is 14.3 Å². The molecule has 0 spiro atoms. The molecule has 4 nitrogen and oxygen atoms in total. The number of anilines is 1. The van der Waals surface area contributed by atoms with Gasteiger partial charge in [-0.1, -0.05) is 30.3 Å². The highest BCUT2D eigenvalue weighted by atomic mass is 16.6. The Kier molecular flexibility index (Phi) is 5.50. The Balaban J connectivity index is 2.38. The molecule has 0 bridgehead atoms. The Bertz CT molecular complexity index is 660. The summed E-state index contributed by atoms with van der Waals surface area (Å²) < 4.78 is 10.8. The lowest BCUT2D eigenvalue weighted by atomic mass is 10.1. The van der Waals surface area contributed by atoms with Gasteiger partial charge in [0.05, 0.1) is 13.2 Å². The second-order valence-electron chi connectivity index (χ2n) is 6.64. The lowest BCUT2D eigenvalue weighted by Gasteiger charge is -2.32. The Morgan fingerprint density at radius 3 is 2.08 bits per heavy atom. The molecule has 24 heavy (non-hydrogen) atoms. The number of nitrogens with zero attached hydrogens (tertiary/aromatic N) is 1. The Morgan fingerprint density at radius 2 is 1.58 bits per heavy atom. The van der Waals surface area contributed by atoms with E-state index in [1.54, 1.807) is 12.0 Å². The van der Waals surface area contributed by atoms with Crippen molar-refractivity contribution >= 4 is 11.8 Å². The second-order valence-corrected chi connectivity index (χ2v) is 6.64. The van der Waals surface area contributed by atoms with Gasteiger partial charge in [-0.25, -0.2) is 4.79 Å². The van der Waals surface area contributed by atoms with Crippen LogP contribution in [0.15, 0.2) is 54.6 Å². The highest BCUT2D eigenvalue weighted by Crippen LogP contribution is 2.30. The highest BCUT2D eigenvalue weighted by Gasteiger charge is 2.28. The van der Waals surface area contributed by atoms with Gasteiger partial charge >= 0.3 is 6.09 Å². The summed E-state index contributed by atoms with van der Waals surface area (Å²) in [5.41, 5.74) is 1.25. The van der Waals surface area contributed by atoms with Gasteiger partial charge in [0.2, 0.25) is 0 Å². The summed E-state index contributed by atoms with van der Waals surface area (Å²) in [6.45, 7) is 7.59. The van der Waals surface area contributed by atoms with Crippen LogP contribution in [0.1, 0.15) is 39.3 Å². The molecule has 2 rings (SSSR count). The van der Waals surface area contributed by atoms with Crippen LogP contribution in [-0.4, -0.2) is 18.8 Å². The number of rotatable bonds is 4. The fourth-order valence-corrected chi connectivity index (χ4v) is 2.42. The third-order valence-corrected chi connectivity index (χ3v) is 3.61. The Labute approximate surface area is 144 Å². The van der Waals surface area contributed by atoms with Crippen molar-refractivity contribution in [3.63, 3.8) is 0 Å². The molecule has 1 atom stereocenters. The number of carbonyl (C=O) groups is 1. The van der Waals surface area contributed by atoms with Gasteiger partial charge in [0.15, 0.2) is 0 Å². The summed E-state index contributed by atoms with van der Waals surface area (Å²) in [6, 6.07) is 17.1. The van der Waals surface area contributed by atoms with Crippen molar-refractivity contribution in [1.82, 2.24) is 0 Å². The van der Waals surface area contributed by atoms with E-state index in [0.29, 0.717) is 0 Å². The van der Waals surface area contributed by atoms with E-state index in [4.69, 9.17) is 9.47 Å². The molecule has 4 heteroatoms. The molecule has 2 aromatic carbocycles. The van der Waals surface area contributed by atoms with Crippen LogP contribution in [0.4, 0.5) is 10.5 Å². The number of methoxy groups -OCH3 is 1. The largest absolute Gasteiger partial charge is 0.497 e. The topological polar surface area (TPSA) is 38.8 Å². The third-order valence-electron chi connectivity index (χ3n) is 3.61. The zero-order valence-electron chi connectivity index (χ0n) is 14.9. The molecule has 0 fully saturated rings. The van der Waals surface area contributed by atoms with Crippen LogP contribution < -0.4 is 9.64 Å². The van der Waals surface area contributed by atoms with Crippen molar-refractivity contribution in [1.29, 1.82) is 0 Å². The summed E-state index contributed by atoms with van der Waals surface area (Å²) in [5.74, 6) is 0.746. The van der Waals surface area contributed by atoms with Crippen LogP contribution in [0.5, 0.6) is 5.75 Å². The van der Waals surface area contributed by atoms with Gasteiger partial charge in [-0.2, -0.15) is 0 Å². The Morgan fingerprint density at radius 1 is 1.00 bits per heavy atom. The molecule has 0 aliphatic carbocycles. The van der Waals surface area contributed by atoms with Gasteiger partial charge in [-0.3, -0.25) is 4.90 Å². The Hall–Kier alpha value is -2.49. The first-order valence-electron chi connectivity index (χ1n) is 8.03. The van der Waals surface area contributed by atoms with Crippen molar-refractivity contribution in [2.75, 3.05) is 12.0 Å². The van der Waals surface area contributed by atoms with Gasteiger partial charge in [0.1, 0.15) is 11.4 Å². The smallest absolute Gasteiger partial charge is 0.415 e. The predicted octanol–water partition coefficient (Wildman–Crippen LogP) is 5.20. The van der Waals surface area contributed by atoms with Crippen LogP contribution in [0.25, 0.3) is 0 Å². The number of carbonyl (C=O) groups excluding carboxylic acids is 1. The normalized spacial score (nSPS) is 12.4. The monoisotopic (exact) mass is 327 g/mol. The molecular formula is C20H25NO3. The fourth-order valence-electron chi connectivity index (χ4n) is 2.42. The average molecular weight is 327 g/mol. The summed E-state index contributed by atoms with van der Waals surface area (Å²) in [4.78, 5) is 14.5. The number of ether oxygens (including phenoxy) is 2. The van der Waals surface area contributed by atoms with Gasteiger partial charge < -0.3 is 9.47 Å². The van der Waals surface area contributed by atoms with E-state index in [1.807, 2.05) is 82.3 Å². The molecule has 0 radical (unpaired) electrons. The summed E-state index contributed by atoms with van der Waals surface area (Å²) in [5, 5.41) is 0. The first kappa shape index (κ1) is 17.9. The van der Waals surface area contributed by atoms with Crippen molar-refractivity contribution in [2.45, 2.75) is 39.3 Å². The zero-order chi connectivity index (χ0) is 17.7. The molecule has 0 N–H and O–H groups in total. The maximum atomic E-state index is 12.8. The molecule has 2 aromatic rings. The van der Waals surface area contributed by atoms with E-state index < -0.39 is 5.60 Å². The minimum absolute atomic E-state index is 0.158. The summed E-state index contributed by atoms with van der Waals surface area (Å²) in [6.07, 6.45) is -0.371. The lowest BCUT2D eigenvalue weighted by molar-refractivity contribution is 0.0567. The quantitative estimate of drug-likeness (QED) is 0.775. The van der Waals surface area contributed by atoms with E-state index >= 15 is 0 Å². The molecular weight excluding hydrogens is 302 g/mol. The number of benzene rings is 2. The minimum Gasteiger partial charge on any atom is -0.497 e. The van der Waals surface area contributed by atoms with Crippen molar-refractivity contribution in [2.24, 2.45) is 0 Å². The molecule has 0 heterocycles.